The van der Waals surface area contributed by atoms with Crippen LogP contribution in [0.3, 0.4) is 0 Å². The number of piperidine rings is 1. The predicted molar refractivity (Wildman–Crippen MR) is 126 cm³/mol. The van der Waals surface area contributed by atoms with Gasteiger partial charge in [-0.1, -0.05) is 25.1 Å². The van der Waals surface area contributed by atoms with Crippen molar-refractivity contribution in [2.24, 2.45) is 5.92 Å². The molecule has 2 N–H and O–H groups in total. The molecule has 2 aliphatic rings. The molecule has 6 nitrogen and oxygen atoms in total. The summed E-state index contributed by atoms with van der Waals surface area (Å²) >= 11 is 0. The summed E-state index contributed by atoms with van der Waals surface area (Å²) in [7, 11) is 0. The molecule has 0 radical (unpaired) electrons. The Morgan fingerprint density at radius 2 is 1.65 bits per heavy atom. The van der Waals surface area contributed by atoms with Crippen molar-refractivity contribution in [3.05, 3.63) is 53.6 Å². The van der Waals surface area contributed by atoms with Crippen LogP contribution < -0.4 is 15.5 Å². The summed E-state index contributed by atoms with van der Waals surface area (Å²) in [6.45, 7) is 7.77. The Labute approximate surface area is 184 Å². The number of urea groups is 1. The lowest BCUT2D eigenvalue weighted by atomic mass is 9.97. The molecule has 2 heterocycles. The highest BCUT2D eigenvalue weighted by Gasteiger charge is 2.26. The lowest BCUT2D eigenvalue weighted by molar-refractivity contribution is 0.0793. The number of amides is 3. The first-order valence-electron chi connectivity index (χ1n) is 11.3. The minimum absolute atomic E-state index is 0.0640. The number of nitrogens with one attached hydrogen (secondary N) is 2. The van der Waals surface area contributed by atoms with Gasteiger partial charge in [0.1, 0.15) is 0 Å². The maximum atomic E-state index is 13.3. The lowest BCUT2D eigenvalue weighted by Crippen LogP contribution is -2.35. The van der Waals surface area contributed by atoms with Gasteiger partial charge in [0.05, 0.1) is 5.56 Å². The molecule has 0 saturated carbocycles. The number of aryl methyl sites for hydroxylation is 1. The highest BCUT2D eigenvalue weighted by Crippen LogP contribution is 2.30. The summed E-state index contributed by atoms with van der Waals surface area (Å²) in [6, 6.07) is 13.1. The van der Waals surface area contributed by atoms with Gasteiger partial charge in [0.15, 0.2) is 0 Å². The molecule has 2 aliphatic heterocycles. The second-order valence-corrected chi connectivity index (χ2v) is 8.79. The molecule has 6 heteroatoms. The highest BCUT2D eigenvalue weighted by molar-refractivity contribution is 6.04. The second-order valence-electron chi connectivity index (χ2n) is 8.79. The van der Waals surface area contributed by atoms with Gasteiger partial charge in [-0.25, -0.2) is 4.79 Å². The molecule has 2 aromatic carbocycles. The Bertz CT molecular complexity index is 944. The van der Waals surface area contributed by atoms with Crippen LogP contribution in [-0.4, -0.2) is 43.0 Å². The van der Waals surface area contributed by atoms with E-state index in [-0.39, 0.29) is 11.9 Å². The van der Waals surface area contributed by atoms with Crippen LogP contribution in [0.1, 0.15) is 48.5 Å². The maximum Gasteiger partial charge on any atom is 0.323 e. The monoisotopic (exact) mass is 420 g/mol. The zero-order chi connectivity index (χ0) is 21.8. The smallest absolute Gasteiger partial charge is 0.323 e. The Kier molecular flexibility index (Phi) is 6.44. The van der Waals surface area contributed by atoms with Crippen molar-refractivity contribution in [2.45, 2.75) is 39.5 Å². The number of anilines is 3. The number of benzene rings is 2. The fraction of sp³-hybridized carbons (Fsp3) is 0.440. The van der Waals surface area contributed by atoms with E-state index in [0.29, 0.717) is 11.3 Å². The maximum absolute atomic E-state index is 13.3. The number of rotatable bonds is 4. The quantitative estimate of drug-likeness (QED) is 0.722. The molecule has 0 unspecified atom stereocenters. The van der Waals surface area contributed by atoms with Crippen LogP contribution in [0, 0.1) is 12.8 Å². The number of para-hydroxylation sites is 1. The zero-order valence-corrected chi connectivity index (χ0v) is 18.5. The highest BCUT2D eigenvalue weighted by atomic mass is 16.2. The molecular weight excluding hydrogens is 388 g/mol. The van der Waals surface area contributed by atoms with Crippen LogP contribution in [-0.2, 0) is 0 Å². The molecule has 2 aromatic rings. The van der Waals surface area contributed by atoms with Crippen molar-refractivity contribution in [1.29, 1.82) is 0 Å². The normalized spacial score (nSPS) is 17.0. The van der Waals surface area contributed by atoms with Crippen molar-refractivity contribution in [3.63, 3.8) is 0 Å². The largest absolute Gasteiger partial charge is 0.371 e. The SMILES string of the molecule is Cc1ccccc1NC(=O)Nc1ccc(N2CCC(C)CC2)c(C(=O)N2CCCC2)c1. The van der Waals surface area contributed by atoms with E-state index in [1.54, 1.807) is 0 Å². The van der Waals surface area contributed by atoms with E-state index < -0.39 is 0 Å². The molecule has 0 spiro atoms. The standard InChI is InChI=1S/C25H32N4O2/c1-18-11-15-28(16-12-18)23-10-9-20(17-21(23)24(30)29-13-5-6-14-29)26-25(31)27-22-8-4-3-7-19(22)2/h3-4,7-10,17-18H,5-6,11-16H2,1-2H3,(H2,26,27,31). The van der Waals surface area contributed by atoms with Gasteiger partial charge in [0, 0.05) is 43.2 Å². The minimum Gasteiger partial charge on any atom is -0.371 e. The first kappa shape index (κ1) is 21.2. The number of nitrogens with zero attached hydrogens (tertiary/aromatic N) is 2. The lowest BCUT2D eigenvalue weighted by Gasteiger charge is -2.34. The second kappa shape index (κ2) is 9.41. The van der Waals surface area contributed by atoms with E-state index in [0.717, 1.165) is 74.7 Å². The van der Waals surface area contributed by atoms with Crippen LogP contribution in [0.25, 0.3) is 0 Å². The number of likely N-dealkylation sites (tertiary alicyclic amines) is 1. The van der Waals surface area contributed by atoms with Crippen LogP contribution in [0.5, 0.6) is 0 Å². The summed E-state index contributed by atoms with van der Waals surface area (Å²) in [5.41, 5.74) is 4.06. The van der Waals surface area contributed by atoms with Gasteiger partial charge in [0.2, 0.25) is 0 Å². The average molecular weight is 421 g/mol. The summed E-state index contributed by atoms with van der Waals surface area (Å²) in [5.74, 6) is 0.786. The van der Waals surface area contributed by atoms with E-state index in [1.807, 2.05) is 54.3 Å². The molecule has 4 rings (SSSR count). The summed E-state index contributed by atoms with van der Waals surface area (Å²) < 4.78 is 0. The van der Waals surface area contributed by atoms with Gasteiger partial charge in [-0.2, -0.15) is 0 Å². The Morgan fingerprint density at radius 1 is 0.935 bits per heavy atom. The molecule has 164 valence electrons. The van der Waals surface area contributed by atoms with Crippen molar-refractivity contribution in [2.75, 3.05) is 41.7 Å². The third kappa shape index (κ3) is 5.01. The fourth-order valence-corrected chi connectivity index (χ4v) is 4.40. The number of carbonyl (C=O) groups excluding carboxylic acids is 2. The van der Waals surface area contributed by atoms with Gasteiger partial charge in [-0.3, -0.25) is 4.79 Å². The summed E-state index contributed by atoms with van der Waals surface area (Å²) in [4.78, 5) is 30.1. The van der Waals surface area contributed by atoms with Gasteiger partial charge in [-0.15, -0.1) is 0 Å². The van der Waals surface area contributed by atoms with E-state index >= 15 is 0 Å². The van der Waals surface area contributed by atoms with E-state index in [4.69, 9.17) is 0 Å². The molecule has 2 saturated heterocycles. The van der Waals surface area contributed by atoms with Crippen LogP contribution in [0.15, 0.2) is 42.5 Å². The molecule has 31 heavy (non-hydrogen) atoms. The number of carbonyl (C=O) groups is 2. The predicted octanol–water partition coefficient (Wildman–Crippen LogP) is 5.11. The van der Waals surface area contributed by atoms with Crippen LogP contribution in [0.4, 0.5) is 21.9 Å². The van der Waals surface area contributed by atoms with E-state index in [9.17, 15) is 9.59 Å². The number of hydrogen-bond donors (Lipinski definition) is 2. The average Bonchev–Trinajstić information content (AvgIpc) is 3.30. The summed E-state index contributed by atoms with van der Waals surface area (Å²) in [5, 5.41) is 5.79. The van der Waals surface area contributed by atoms with Crippen molar-refractivity contribution < 1.29 is 9.59 Å². The van der Waals surface area contributed by atoms with Crippen molar-refractivity contribution in [1.82, 2.24) is 4.90 Å². The molecule has 2 fully saturated rings. The Hall–Kier alpha value is -3.02. The first-order chi connectivity index (χ1) is 15.0. The van der Waals surface area contributed by atoms with E-state index in [1.165, 1.54) is 0 Å². The molecule has 0 aliphatic carbocycles. The van der Waals surface area contributed by atoms with Crippen molar-refractivity contribution >= 4 is 29.0 Å². The molecule has 0 aromatic heterocycles. The van der Waals surface area contributed by atoms with Crippen LogP contribution in [0.2, 0.25) is 0 Å². The fourth-order valence-electron chi connectivity index (χ4n) is 4.40. The minimum atomic E-state index is -0.312. The first-order valence-corrected chi connectivity index (χ1v) is 11.3. The molecule has 0 bridgehead atoms. The van der Waals surface area contributed by atoms with Gasteiger partial charge in [-0.05, 0) is 68.4 Å². The van der Waals surface area contributed by atoms with Gasteiger partial charge >= 0.3 is 6.03 Å². The molecular formula is C25H32N4O2. The van der Waals surface area contributed by atoms with Gasteiger partial charge < -0.3 is 20.4 Å². The molecule has 3 amide bonds. The zero-order valence-electron chi connectivity index (χ0n) is 18.5. The Morgan fingerprint density at radius 3 is 2.35 bits per heavy atom. The van der Waals surface area contributed by atoms with Crippen LogP contribution >= 0.6 is 0 Å². The third-order valence-corrected chi connectivity index (χ3v) is 6.40. The van der Waals surface area contributed by atoms with E-state index in [2.05, 4.69) is 22.5 Å². The number of hydrogen-bond acceptors (Lipinski definition) is 3. The van der Waals surface area contributed by atoms with Crippen molar-refractivity contribution in [3.8, 4) is 0 Å². The van der Waals surface area contributed by atoms with Gasteiger partial charge in [0.25, 0.3) is 5.91 Å². The molecule has 0 atom stereocenters. The topological polar surface area (TPSA) is 64.7 Å². The third-order valence-electron chi connectivity index (χ3n) is 6.40. The summed E-state index contributed by atoms with van der Waals surface area (Å²) in [6.07, 6.45) is 4.38. The Balaban J connectivity index is 1.56.